The molecule has 1 aromatic carbocycles. The van der Waals surface area contributed by atoms with Gasteiger partial charge < -0.3 is 5.32 Å². The van der Waals surface area contributed by atoms with Gasteiger partial charge in [0.1, 0.15) is 0 Å². The Hall–Kier alpha value is -0.790. The van der Waals surface area contributed by atoms with Gasteiger partial charge in [-0.05, 0) is 24.6 Å². The van der Waals surface area contributed by atoms with Crippen molar-refractivity contribution in [3.05, 3.63) is 47.5 Å². The largest absolute Gasteiger partial charge is 0.307 e. The summed E-state index contributed by atoms with van der Waals surface area (Å²) in [5.41, 5.74) is 1.20. The lowest BCUT2D eigenvalue weighted by molar-refractivity contribution is 0.634. The lowest BCUT2D eigenvalue weighted by Gasteiger charge is -2.08. The lowest BCUT2D eigenvalue weighted by Crippen LogP contribution is -2.22. The fourth-order valence-corrected chi connectivity index (χ4v) is 1.22. The predicted octanol–water partition coefficient (Wildman–Crippen LogP) is 3.00. The van der Waals surface area contributed by atoms with Crippen LogP contribution < -0.4 is 5.32 Å². The van der Waals surface area contributed by atoms with Crippen LogP contribution in [0.25, 0.3) is 0 Å². The van der Waals surface area contributed by atoms with Gasteiger partial charge in [0.25, 0.3) is 0 Å². The highest BCUT2D eigenvalue weighted by Crippen LogP contribution is 2.10. The Bertz CT molecular complexity index is 283. The molecule has 0 aromatic heterocycles. The minimum atomic E-state index is 0.332. The van der Waals surface area contributed by atoms with Crippen LogP contribution in [0.4, 0.5) is 0 Å². The SMILES string of the molecule is C=CC(C)NCc1cccc(Cl)c1. The molecule has 0 radical (unpaired) electrons. The zero-order valence-corrected chi connectivity index (χ0v) is 8.51. The second-order valence-corrected chi connectivity index (χ2v) is 3.47. The van der Waals surface area contributed by atoms with E-state index >= 15 is 0 Å². The number of rotatable bonds is 4. The van der Waals surface area contributed by atoms with Gasteiger partial charge in [-0.25, -0.2) is 0 Å². The summed E-state index contributed by atoms with van der Waals surface area (Å²) in [6.45, 7) is 6.60. The van der Waals surface area contributed by atoms with E-state index in [-0.39, 0.29) is 0 Å². The smallest absolute Gasteiger partial charge is 0.0409 e. The van der Waals surface area contributed by atoms with Crippen molar-refractivity contribution in [3.8, 4) is 0 Å². The van der Waals surface area contributed by atoms with Crippen LogP contribution in [0.5, 0.6) is 0 Å². The molecular formula is C11H14ClN. The number of nitrogens with one attached hydrogen (secondary N) is 1. The molecule has 70 valence electrons. The Morgan fingerprint density at radius 1 is 1.62 bits per heavy atom. The van der Waals surface area contributed by atoms with Crippen LogP contribution in [-0.4, -0.2) is 6.04 Å². The number of hydrogen-bond donors (Lipinski definition) is 1. The van der Waals surface area contributed by atoms with Crippen LogP contribution >= 0.6 is 11.6 Å². The summed E-state index contributed by atoms with van der Waals surface area (Å²) in [4.78, 5) is 0. The molecule has 0 bridgehead atoms. The molecule has 1 rings (SSSR count). The second kappa shape index (κ2) is 5.05. The number of hydrogen-bond acceptors (Lipinski definition) is 1. The molecule has 0 saturated carbocycles. The molecule has 1 aromatic rings. The maximum Gasteiger partial charge on any atom is 0.0409 e. The van der Waals surface area contributed by atoms with Crippen molar-refractivity contribution in [2.75, 3.05) is 0 Å². The van der Waals surface area contributed by atoms with Gasteiger partial charge in [-0.1, -0.05) is 29.8 Å². The third-order valence-corrected chi connectivity index (χ3v) is 2.11. The van der Waals surface area contributed by atoms with E-state index in [0.29, 0.717) is 6.04 Å². The summed E-state index contributed by atoms with van der Waals surface area (Å²) < 4.78 is 0. The van der Waals surface area contributed by atoms with Gasteiger partial charge in [-0.15, -0.1) is 6.58 Å². The first-order chi connectivity index (χ1) is 6.22. The zero-order valence-electron chi connectivity index (χ0n) is 7.76. The molecular weight excluding hydrogens is 182 g/mol. The van der Waals surface area contributed by atoms with Crippen LogP contribution in [0.3, 0.4) is 0 Å². The highest BCUT2D eigenvalue weighted by molar-refractivity contribution is 6.30. The van der Waals surface area contributed by atoms with Crippen molar-refractivity contribution < 1.29 is 0 Å². The van der Waals surface area contributed by atoms with Gasteiger partial charge in [0.15, 0.2) is 0 Å². The van der Waals surface area contributed by atoms with E-state index in [1.165, 1.54) is 5.56 Å². The molecule has 0 aliphatic carbocycles. The minimum Gasteiger partial charge on any atom is -0.307 e. The monoisotopic (exact) mass is 195 g/mol. The van der Waals surface area contributed by atoms with E-state index in [9.17, 15) is 0 Å². The Labute approximate surface area is 84.4 Å². The molecule has 1 N–H and O–H groups in total. The second-order valence-electron chi connectivity index (χ2n) is 3.04. The van der Waals surface area contributed by atoms with E-state index in [1.54, 1.807) is 0 Å². The first-order valence-electron chi connectivity index (χ1n) is 4.33. The number of benzene rings is 1. The summed E-state index contributed by atoms with van der Waals surface area (Å²) in [5, 5.41) is 4.08. The molecule has 0 aliphatic rings. The van der Waals surface area contributed by atoms with E-state index in [0.717, 1.165) is 11.6 Å². The van der Waals surface area contributed by atoms with Gasteiger partial charge >= 0.3 is 0 Å². The molecule has 13 heavy (non-hydrogen) atoms. The summed E-state index contributed by atoms with van der Waals surface area (Å²) in [7, 11) is 0. The average molecular weight is 196 g/mol. The minimum absolute atomic E-state index is 0.332. The number of halogens is 1. The van der Waals surface area contributed by atoms with Gasteiger partial charge in [0, 0.05) is 17.6 Å². The molecule has 0 heterocycles. The van der Waals surface area contributed by atoms with Crippen LogP contribution in [0, 0.1) is 0 Å². The van der Waals surface area contributed by atoms with E-state index in [2.05, 4.69) is 24.9 Å². The van der Waals surface area contributed by atoms with Crippen molar-refractivity contribution in [2.45, 2.75) is 19.5 Å². The van der Waals surface area contributed by atoms with E-state index in [1.807, 2.05) is 24.3 Å². The van der Waals surface area contributed by atoms with Gasteiger partial charge in [-0.3, -0.25) is 0 Å². The van der Waals surface area contributed by atoms with Crippen LogP contribution in [-0.2, 0) is 6.54 Å². The Morgan fingerprint density at radius 2 is 2.38 bits per heavy atom. The first-order valence-corrected chi connectivity index (χ1v) is 4.70. The Kier molecular flexibility index (Phi) is 4.00. The van der Waals surface area contributed by atoms with Gasteiger partial charge in [0.2, 0.25) is 0 Å². The lowest BCUT2D eigenvalue weighted by atomic mass is 10.2. The molecule has 0 aliphatic heterocycles. The molecule has 0 fully saturated rings. The van der Waals surface area contributed by atoms with Crippen LogP contribution in [0.2, 0.25) is 5.02 Å². The van der Waals surface area contributed by atoms with E-state index < -0.39 is 0 Å². The molecule has 1 atom stereocenters. The van der Waals surface area contributed by atoms with E-state index in [4.69, 9.17) is 11.6 Å². The van der Waals surface area contributed by atoms with Gasteiger partial charge in [-0.2, -0.15) is 0 Å². The predicted molar refractivity (Wildman–Crippen MR) is 58.0 cm³/mol. The summed E-state index contributed by atoms with van der Waals surface area (Å²) in [6.07, 6.45) is 1.88. The molecule has 1 nitrogen and oxygen atoms in total. The molecule has 1 unspecified atom stereocenters. The normalized spacial score (nSPS) is 12.5. The fraction of sp³-hybridized carbons (Fsp3) is 0.273. The molecule has 0 spiro atoms. The van der Waals surface area contributed by atoms with Crippen molar-refractivity contribution in [1.82, 2.24) is 5.32 Å². The third-order valence-electron chi connectivity index (χ3n) is 1.87. The fourth-order valence-electron chi connectivity index (χ4n) is 1.01. The summed E-state index contributed by atoms with van der Waals surface area (Å²) in [6, 6.07) is 8.18. The van der Waals surface area contributed by atoms with Crippen molar-refractivity contribution in [1.29, 1.82) is 0 Å². The highest BCUT2D eigenvalue weighted by Gasteiger charge is 1.96. The first kappa shape index (κ1) is 10.3. The third kappa shape index (κ3) is 3.62. The average Bonchev–Trinajstić information content (AvgIpc) is 2.14. The Balaban J connectivity index is 2.49. The standard InChI is InChI=1S/C11H14ClN/c1-3-9(2)13-8-10-5-4-6-11(12)7-10/h3-7,9,13H,1,8H2,2H3. The molecule has 0 amide bonds. The quantitative estimate of drug-likeness (QED) is 0.729. The maximum absolute atomic E-state index is 5.85. The van der Waals surface area contributed by atoms with Crippen molar-refractivity contribution >= 4 is 11.6 Å². The van der Waals surface area contributed by atoms with Gasteiger partial charge in [0.05, 0.1) is 0 Å². The Morgan fingerprint density at radius 3 is 3.00 bits per heavy atom. The molecule has 2 heteroatoms. The maximum atomic E-state index is 5.85. The summed E-state index contributed by atoms with van der Waals surface area (Å²) in [5.74, 6) is 0. The zero-order chi connectivity index (χ0) is 9.68. The van der Waals surface area contributed by atoms with Crippen molar-refractivity contribution in [3.63, 3.8) is 0 Å². The topological polar surface area (TPSA) is 12.0 Å². The highest BCUT2D eigenvalue weighted by atomic mass is 35.5. The van der Waals surface area contributed by atoms with Crippen molar-refractivity contribution in [2.24, 2.45) is 0 Å². The van der Waals surface area contributed by atoms with Crippen LogP contribution in [0.1, 0.15) is 12.5 Å². The summed E-state index contributed by atoms with van der Waals surface area (Å²) >= 11 is 5.85. The molecule has 0 saturated heterocycles. The van der Waals surface area contributed by atoms with Crippen LogP contribution in [0.15, 0.2) is 36.9 Å².